The van der Waals surface area contributed by atoms with Gasteiger partial charge in [-0.1, -0.05) is 25.7 Å². The minimum atomic E-state index is -3.07. The van der Waals surface area contributed by atoms with Crippen LogP contribution in [0.5, 0.6) is 0 Å². The van der Waals surface area contributed by atoms with Gasteiger partial charge in [-0.05, 0) is 32.2 Å². The molecule has 5 heteroatoms. The third kappa shape index (κ3) is 3.45. The van der Waals surface area contributed by atoms with Crippen molar-refractivity contribution in [3.63, 3.8) is 0 Å². The highest BCUT2D eigenvalue weighted by Gasteiger charge is 2.32. The molecular weight excluding hydrogens is 248 g/mol. The summed E-state index contributed by atoms with van der Waals surface area (Å²) in [6.07, 6.45) is 8.57. The summed E-state index contributed by atoms with van der Waals surface area (Å²) in [4.78, 5) is 0. The van der Waals surface area contributed by atoms with Gasteiger partial charge in [0.15, 0.2) is 0 Å². The van der Waals surface area contributed by atoms with Gasteiger partial charge in [-0.15, -0.1) is 0 Å². The zero-order chi connectivity index (χ0) is 13.0. The van der Waals surface area contributed by atoms with Crippen LogP contribution < -0.4 is 5.32 Å². The Morgan fingerprint density at radius 2 is 1.72 bits per heavy atom. The van der Waals surface area contributed by atoms with Crippen LogP contribution in [0, 0.1) is 0 Å². The molecule has 2 rings (SSSR count). The molecule has 4 nitrogen and oxygen atoms in total. The smallest absolute Gasteiger partial charge is 0.216 e. The molecule has 1 saturated carbocycles. The number of nitrogens with one attached hydrogen (secondary N) is 1. The zero-order valence-electron chi connectivity index (χ0n) is 11.4. The van der Waals surface area contributed by atoms with Gasteiger partial charge in [-0.3, -0.25) is 0 Å². The molecule has 1 atom stereocenters. The van der Waals surface area contributed by atoms with Crippen LogP contribution in [0.25, 0.3) is 0 Å². The van der Waals surface area contributed by atoms with Crippen molar-refractivity contribution in [2.45, 2.75) is 62.7 Å². The Kier molecular flexibility index (Phi) is 5.04. The van der Waals surface area contributed by atoms with Crippen molar-refractivity contribution in [2.24, 2.45) is 0 Å². The average molecular weight is 274 g/mol. The molecule has 2 aliphatic rings. The molecule has 1 aliphatic heterocycles. The van der Waals surface area contributed by atoms with Crippen molar-refractivity contribution in [3.8, 4) is 0 Å². The number of likely N-dealkylation sites (N-methyl/N-ethyl adjacent to an activating group) is 1. The number of rotatable bonds is 4. The van der Waals surface area contributed by atoms with E-state index in [1.165, 1.54) is 19.3 Å². The van der Waals surface area contributed by atoms with Crippen LogP contribution in [0.1, 0.15) is 51.4 Å². The number of hydrogen-bond acceptors (Lipinski definition) is 3. The Hall–Kier alpha value is -0.130. The van der Waals surface area contributed by atoms with Crippen molar-refractivity contribution in [2.75, 3.05) is 20.1 Å². The van der Waals surface area contributed by atoms with Gasteiger partial charge in [0.25, 0.3) is 0 Å². The highest BCUT2D eigenvalue weighted by atomic mass is 32.2. The Balaban J connectivity index is 1.91. The summed E-state index contributed by atoms with van der Waals surface area (Å²) in [6, 6.07) is 0.349. The van der Waals surface area contributed by atoms with Crippen LogP contribution in [0.2, 0.25) is 0 Å². The van der Waals surface area contributed by atoms with Crippen molar-refractivity contribution < 1.29 is 8.42 Å². The van der Waals surface area contributed by atoms with E-state index in [4.69, 9.17) is 0 Å². The van der Waals surface area contributed by atoms with Crippen LogP contribution >= 0.6 is 0 Å². The van der Waals surface area contributed by atoms with E-state index in [0.29, 0.717) is 12.6 Å². The molecule has 0 bridgehead atoms. The number of sulfonamides is 1. The van der Waals surface area contributed by atoms with E-state index in [2.05, 4.69) is 5.32 Å². The van der Waals surface area contributed by atoms with Crippen molar-refractivity contribution in [1.29, 1.82) is 0 Å². The van der Waals surface area contributed by atoms with Gasteiger partial charge in [0.05, 0.1) is 5.25 Å². The summed E-state index contributed by atoms with van der Waals surface area (Å²) < 4.78 is 26.5. The van der Waals surface area contributed by atoms with Crippen molar-refractivity contribution in [1.82, 2.24) is 9.62 Å². The fourth-order valence-corrected chi connectivity index (χ4v) is 4.94. The van der Waals surface area contributed by atoms with Gasteiger partial charge >= 0.3 is 0 Å². The molecule has 18 heavy (non-hydrogen) atoms. The lowest BCUT2D eigenvalue weighted by atomic mass is 10.0. The number of hydrogen-bond donors (Lipinski definition) is 1. The molecule has 0 aromatic carbocycles. The number of piperidine rings is 1. The lowest BCUT2D eigenvalue weighted by molar-refractivity contribution is 0.332. The molecule has 1 saturated heterocycles. The Morgan fingerprint density at radius 1 is 1.06 bits per heavy atom. The van der Waals surface area contributed by atoms with E-state index in [-0.39, 0.29) is 5.25 Å². The standard InChI is InChI=1S/C13H26N2O2S/c1-15(11-12-7-5-6-10-14-12)18(16,17)13-8-3-2-4-9-13/h12-14H,2-11H2,1H3. The summed E-state index contributed by atoms with van der Waals surface area (Å²) >= 11 is 0. The second-order valence-electron chi connectivity index (χ2n) is 5.73. The molecule has 0 radical (unpaired) electrons. The Bertz CT molecular complexity index is 344. The van der Waals surface area contributed by atoms with Gasteiger partial charge < -0.3 is 5.32 Å². The van der Waals surface area contributed by atoms with E-state index >= 15 is 0 Å². The quantitative estimate of drug-likeness (QED) is 0.849. The van der Waals surface area contributed by atoms with E-state index in [9.17, 15) is 8.42 Å². The van der Waals surface area contributed by atoms with Crippen molar-refractivity contribution in [3.05, 3.63) is 0 Å². The summed E-state index contributed by atoms with van der Waals surface area (Å²) in [5.41, 5.74) is 0. The molecule has 1 aliphatic carbocycles. The topological polar surface area (TPSA) is 49.4 Å². The van der Waals surface area contributed by atoms with Crippen LogP contribution in [-0.2, 0) is 10.0 Å². The summed E-state index contributed by atoms with van der Waals surface area (Å²) in [5, 5.41) is 3.29. The Morgan fingerprint density at radius 3 is 2.33 bits per heavy atom. The first-order valence-electron chi connectivity index (χ1n) is 7.29. The third-order valence-electron chi connectivity index (χ3n) is 4.30. The maximum atomic E-state index is 12.5. The fourth-order valence-electron chi connectivity index (χ4n) is 3.11. The summed E-state index contributed by atoms with van der Waals surface area (Å²) in [6.45, 7) is 1.67. The Labute approximate surface area is 111 Å². The first-order valence-corrected chi connectivity index (χ1v) is 8.79. The molecule has 106 valence electrons. The molecule has 1 unspecified atom stereocenters. The molecule has 0 aromatic rings. The molecule has 2 fully saturated rings. The van der Waals surface area contributed by atoms with Gasteiger partial charge in [0, 0.05) is 19.6 Å². The monoisotopic (exact) mass is 274 g/mol. The first kappa shape index (κ1) is 14.3. The summed E-state index contributed by atoms with van der Waals surface area (Å²) in [7, 11) is -1.32. The molecule has 1 heterocycles. The third-order valence-corrected chi connectivity index (χ3v) is 6.63. The zero-order valence-corrected chi connectivity index (χ0v) is 12.2. The van der Waals surface area contributed by atoms with Crippen LogP contribution in [0.3, 0.4) is 0 Å². The second-order valence-corrected chi connectivity index (χ2v) is 8.05. The van der Waals surface area contributed by atoms with E-state index in [1.807, 2.05) is 0 Å². The average Bonchev–Trinajstić information content (AvgIpc) is 2.41. The van der Waals surface area contributed by atoms with Gasteiger partial charge in [-0.2, -0.15) is 0 Å². The lowest BCUT2D eigenvalue weighted by Gasteiger charge is -2.31. The van der Waals surface area contributed by atoms with Crippen LogP contribution in [0.15, 0.2) is 0 Å². The van der Waals surface area contributed by atoms with Gasteiger partial charge in [-0.25, -0.2) is 12.7 Å². The highest BCUT2D eigenvalue weighted by molar-refractivity contribution is 7.89. The molecule has 0 spiro atoms. The van der Waals surface area contributed by atoms with E-state index < -0.39 is 10.0 Å². The second kappa shape index (κ2) is 6.35. The van der Waals surface area contributed by atoms with Crippen LogP contribution in [0.4, 0.5) is 0 Å². The first-order chi connectivity index (χ1) is 8.60. The minimum Gasteiger partial charge on any atom is -0.313 e. The summed E-state index contributed by atoms with van der Waals surface area (Å²) in [5.74, 6) is 0. The SMILES string of the molecule is CN(CC1CCCCN1)S(=O)(=O)C1CCCCC1. The maximum absolute atomic E-state index is 12.5. The van der Waals surface area contributed by atoms with E-state index in [1.54, 1.807) is 11.4 Å². The minimum absolute atomic E-state index is 0.125. The highest BCUT2D eigenvalue weighted by Crippen LogP contribution is 2.25. The predicted octanol–water partition coefficient (Wildman–Crippen LogP) is 1.72. The molecular formula is C13H26N2O2S. The lowest BCUT2D eigenvalue weighted by Crippen LogP contribution is -2.46. The predicted molar refractivity (Wildman–Crippen MR) is 74.1 cm³/mol. The fraction of sp³-hybridized carbons (Fsp3) is 1.00. The molecule has 0 amide bonds. The molecule has 1 N–H and O–H groups in total. The number of nitrogens with zero attached hydrogens (tertiary/aromatic N) is 1. The van der Waals surface area contributed by atoms with Gasteiger partial charge in [0.2, 0.25) is 10.0 Å². The molecule has 0 aromatic heterocycles. The normalized spacial score (nSPS) is 27.6. The largest absolute Gasteiger partial charge is 0.313 e. The maximum Gasteiger partial charge on any atom is 0.216 e. The van der Waals surface area contributed by atoms with E-state index in [0.717, 1.165) is 38.6 Å². The van der Waals surface area contributed by atoms with Crippen LogP contribution in [-0.4, -0.2) is 44.2 Å². The van der Waals surface area contributed by atoms with Crippen molar-refractivity contribution >= 4 is 10.0 Å². The van der Waals surface area contributed by atoms with Gasteiger partial charge in [0.1, 0.15) is 0 Å².